The number of nitrogens with one attached hydrogen (secondary N) is 1. The summed E-state index contributed by atoms with van der Waals surface area (Å²) in [5.41, 5.74) is 0.846. The average molecular weight is 228 g/mol. The second-order valence-corrected chi connectivity index (χ2v) is 4.10. The Morgan fingerprint density at radius 3 is 2.44 bits per heavy atom. The third-order valence-corrected chi connectivity index (χ3v) is 2.53. The van der Waals surface area contributed by atoms with Crippen LogP contribution in [0.5, 0.6) is 0 Å². The van der Waals surface area contributed by atoms with Crippen LogP contribution in [0.15, 0.2) is 11.6 Å². The molecule has 0 saturated heterocycles. The predicted octanol–water partition coefficient (Wildman–Crippen LogP) is 1.34. The molecule has 0 rings (SSSR count). The fourth-order valence-corrected chi connectivity index (χ4v) is 1.53. The van der Waals surface area contributed by atoms with Gasteiger partial charge < -0.3 is 15.3 Å². The van der Waals surface area contributed by atoms with Crippen molar-refractivity contribution >= 4 is 5.97 Å². The Hall–Kier alpha value is -0.870. The molecule has 2 N–H and O–H groups in total. The highest BCUT2D eigenvalue weighted by Gasteiger charge is 2.06. The lowest BCUT2D eigenvalue weighted by molar-refractivity contribution is -0.131. The summed E-state index contributed by atoms with van der Waals surface area (Å²) in [6, 6.07) is 0.372. The van der Waals surface area contributed by atoms with Crippen LogP contribution in [0.4, 0.5) is 0 Å². The Balaban J connectivity index is 3.88. The van der Waals surface area contributed by atoms with Crippen molar-refractivity contribution in [3.05, 3.63) is 11.6 Å². The Labute approximate surface area is 98.3 Å². The first-order chi connectivity index (χ1) is 7.49. The third kappa shape index (κ3) is 7.43. The van der Waals surface area contributed by atoms with E-state index in [-0.39, 0.29) is 0 Å². The Morgan fingerprint density at radius 1 is 1.44 bits per heavy atom. The van der Waals surface area contributed by atoms with E-state index in [1.54, 1.807) is 0 Å². The van der Waals surface area contributed by atoms with E-state index in [1.165, 1.54) is 6.08 Å². The smallest absolute Gasteiger partial charge is 0.328 e. The summed E-state index contributed by atoms with van der Waals surface area (Å²) in [6.45, 7) is 12.0. The van der Waals surface area contributed by atoms with Crippen LogP contribution in [0.25, 0.3) is 0 Å². The molecule has 0 bridgehead atoms. The molecule has 4 nitrogen and oxygen atoms in total. The zero-order valence-electron chi connectivity index (χ0n) is 10.8. The topological polar surface area (TPSA) is 52.6 Å². The average Bonchev–Trinajstić information content (AvgIpc) is 2.22. The lowest BCUT2D eigenvalue weighted by Crippen LogP contribution is -2.39. The molecule has 1 unspecified atom stereocenters. The van der Waals surface area contributed by atoms with Crippen LogP contribution in [0.2, 0.25) is 0 Å². The summed E-state index contributed by atoms with van der Waals surface area (Å²) in [5, 5.41) is 11.9. The maximum Gasteiger partial charge on any atom is 0.328 e. The minimum atomic E-state index is -0.879. The zero-order chi connectivity index (χ0) is 12.6. The fraction of sp³-hybridized carbons (Fsp3) is 0.750. The maximum atomic E-state index is 10.4. The van der Waals surface area contributed by atoms with Crippen LogP contribution < -0.4 is 5.32 Å². The molecule has 0 aliphatic rings. The lowest BCUT2D eigenvalue weighted by atomic mass is 10.2. The van der Waals surface area contributed by atoms with Crippen molar-refractivity contribution < 1.29 is 9.90 Å². The molecule has 0 aromatic carbocycles. The highest BCUT2D eigenvalue weighted by atomic mass is 16.4. The number of likely N-dealkylation sites (N-methyl/N-ethyl adjacent to an activating group) is 1. The molecule has 0 aromatic heterocycles. The first kappa shape index (κ1) is 15.1. The summed E-state index contributed by atoms with van der Waals surface area (Å²) in [6.07, 6.45) is 1.25. The lowest BCUT2D eigenvalue weighted by Gasteiger charge is -2.23. The molecular formula is C12H24N2O2. The van der Waals surface area contributed by atoms with Gasteiger partial charge in [-0.2, -0.15) is 0 Å². The second kappa shape index (κ2) is 8.30. The van der Waals surface area contributed by atoms with Crippen molar-refractivity contribution in [1.29, 1.82) is 0 Å². The minimum absolute atomic E-state index is 0.372. The summed E-state index contributed by atoms with van der Waals surface area (Å²) in [5.74, 6) is -0.879. The number of aliphatic carboxylic acids is 1. The normalized spacial score (nSPS) is 14.2. The number of carbonyl (C=O) groups is 1. The predicted molar refractivity (Wildman–Crippen MR) is 66.6 cm³/mol. The van der Waals surface area contributed by atoms with Gasteiger partial charge in [0, 0.05) is 25.2 Å². The van der Waals surface area contributed by atoms with Gasteiger partial charge >= 0.3 is 5.97 Å². The summed E-state index contributed by atoms with van der Waals surface area (Å²) in [7, 11) is 0. The second-order valence-electron chi connectivity index (χ2n) is 4.10. The van der Waals surface area contributed by atoms with Gasteiger partial charge in [-0.05, 0) is 26.9 Å². The van der Waals surface area contributed by atoms with Gasteiger partial charge in [-0.25, -0.2) is 4.79 Å². The molecule has 0 spiro atoms. The van der Waals surface area contributed by atoms with Crippen LogP contribution >= 0.6 is 0 Å². The standard InChI is InChI=1S/C12H24N2O2/c1-5-14(6-2)9-11(4)13-8-10(3)7-12(15)16/h7,11,13H,5-6,8-9H2,1-4H3,(H,15,16). The van der Waals surface area contributed by atoms with E-state index in [9.17, 15) is 4.79 Å². The van der Waals surface area contributed by atoms with Crippen LogP contribution in [0.1, 0.15) is 27.7 Å². The molecule has 0 aromatic rings. The van der Waals surface area contributed by atoms with E-state index >= 15 is 0 Å². The number of carboxylic acid groups (broad SMARTS) is 1. The molecular weight excluding hydrogens is 204 g/mol. The first-order valence-corrected chi connectivity index (χ1v) is 5.85. The molecule has 4 heteroatoms. The number of hydrogen-bond donors (Lipinski definition) is 2. The molecule has 0 radical (unpaired) electrons. The molecule has 0 fully saturated rings. The number of hydrogen-bond acceptors (Lipinski definition) is 3. The van der Waals surface area contributed by atoms with Crippen LogP contribution in [0, 0.1) is 0 Å². The van der Waals surface area contributed by atoms with E-state index in [2.05, 4.69) is 31.0 Å². The van der Waals surface area contributed by atoms with Crippen molar-refractivity contribution in [2.45, 2.75) is 33.7 Å². The van der Waals surface area contributed by atoms with E-state index < -0.39 is 5.97 Å². The minimum Gasteiger partial charge on any atom is -0.478 e. The van der Waals surface area contributed by atoms with Gasteiger partial charge in [-0.1, -0.05) is 19.4 Å². The number of carboxylic acids is 1. The largest absolute Gasteiger partial charge is 0.478 e. The molecule has 94 valence electrons. The number of nitrogens with zero attached hydrogens (tertiary/aromatic N) is 1. The fourth-order valence-electron chi connectivity index (χ4n) is 1.53. The molecule has 0 aliphatic carbocycles. The van der Waals surface area contributed by atoms with Gasteiger partial charge in [0.1, 0.15) is 0 Å². The molecule has 1 atom stereocenters. The maximum absolute atomic E-state index is 10.4. The summed E-state index contributed by atoms with van der Waals surface area (Å²) in [4.78, 5) is 12.8. The Bertz CT molecular complexity index is 235. The van der Waals surface area contributed by atoms with Gasteiger partial charge in [-0.3, -0.25) is 0 Å². The quantitative estimate of drug-likeness (QED) is 0.616. The summed E-state index contributed by atoms with van der Waals surface area (Å²) >= 11 is 0. The van der Waals surface area contributed by atoms with Crippen molar-refractivity contribution in [3.8, 4) is 0 Å². The van der Waals surface area contributed by atoms with E-state index in [0.717, 1.165) is 25.2 Å². The van der Waals surface area contributed by atoms with Crippen LogP contribution in [0.3, 0.4) is 0 Å². The highest BCUT2D eigenvalue weighted by Crippen LogP contribution is 1.94. The molecule has 0 amide bonds. The SMILES string of the molecule is CCN(CC)CC(C)NCC(C)=CC(=O)O. The van der Waals surface area contributed by atoms with Gasteiger partial charge in [0.25, 0.3) is 0 Å². The summed E-state index contributed by atoms with van der Waals surface area (Å²) < 4.78 is 0. The number of rotatable bonds is 8. The van der Waals surface area contributed by atoms with E-state index in [0.29, 0.717) is 12.6 Å². The van der Waals surface area contributed by atoms with Crippen LogP contribution in [-0.2, 0) is 4.79 Å². The Kier molecular flexibility index (Phi) is 7.85. The monoisotopic (exact) mass is 228 g/mol. The van der Waals surface area contributed by atoms with Crippen molar-refractivity contribution in [3.63, 3.8) is 0 Å². The van der Waals surface area contributed by atoms with Crippen molar-refractivity contribution in [2.75, 3.05) is 26.2 Å². The highest BCUT2D eigenvalue weighted by molar-refractivity contribution is 5.80. The van der Waals surface area contributed by atoms with Crippen molar-refractivity contribution in [1.82, 2.24) is 10.2 Å². The molecule has 0 aliphatic heterocycles. The van der Waals surface area contributed by atoms with Crippen LogP contribution in [-0.4, -0.2) is 48.2 Å². The van der Waals surface area contributed by atoms with Gasteiger partial charge in [0.15, 0.2) is 0 Å². The molecule has 0 saturated carbocycles. The Morgan fingerprint density at radius 2 is 2.00 bits per heavy atom. The zero-order valence-corrected chi connectivity index (χ0v) is 10.8. The van der Waals surface area contributed by atoms with Gasteiger partial charge in [-0.15, -0.1) is 0 Å². The van der Waals surface area contributed by atoms with Gasteiger partial charge in [0.05, 0.1) is 0 Å². The van der Waals surface area contributed by atoms with E-state index in [4.69, 9.17) is 5.11 Å². The molecule has 0 heterocycles. The first-order valence-electron chi connectivity index (χ1n) is 5.85. The molecule has 16 heavy (non-hydrogen) atoms. The van der Waals surface area contributed by atoms with Crippen molar-refractivity contribution in [2.24, 2.45) is 0 Å². The van der Waals surface area contributed by atoms with Gasteiger partial charge in [0.2, 0.25) is 0 Å². The third-order valence-electron chi connectivity index (χ3n) is 2.53. The van der Waals surface area contributed by atoms with E-state index in [1.807, 2.05) is 6.92 Å².